The molecule has 0 radical (unpaired) electrons. The van der Waals surface area contributed by atoms with Gasteiger partial charge in [-0.3, -0.25) is 0 Å². The first-order valence-electron chi connectivity index (χ1n) is 20.4. The van der Waals surface area contributed by atoms with E-state index >= 15 is 0 Å². The lowest BCUT2D eigenvalue weighted by molar-refractivity contribution is -0.578. The maximum atomic E-state index is 7.05. The molecule has 0 aromatic heterocycles. The normalized spacial score (nSPS) is 54.1. The topological polar surface area (TPSA) is 46.2 Å². The second-order valence-electron chi connectivity index (χ2n) is 19.6. The molecule has 0 unspecified atom stereocenters. The van der Waals surface area contributed by atoms with Crippen LogP contribution in [-0.4, -0.2) is 30.1 Å². The Bertz CT molecular complexity index is 1200. The Morgan fingerprint density at radius 1 is 0.830 bits per heavy atom. The highest BCUT2D eigenvalue weighted by molar-refractivity contribution is 5.25. The molecule has 266 valence electrons. The van der Waals surface area contributed by atoms with E-state index in [1.807, 2.05) is 6.92 Å². The van der Waals surface area contributed by atoms with Crippen LogP contribution >= 0.6 is 0 Å². The van der Waals surface area contributed by atoms with Crippen molar-refractivity contribution in [2.24, 2.45) is 70.0 Å². The van der Waals surface area contributed by atoms with Crippen molar-refractivity contribution in [1.29, 1.82) is 0 Å². The molecule has 1 spiro atoms. The molecule has 4 saturated carbocycles. The first-order chi connectivity index (χ1) is 22.4. The van der Waals surface area contributed by atoms with Crippen molar-refractivity contribution in [3.05, 3.63) is 11.6 Å². The van der Waals surface area contributed by atoms with Crippen LogP contribution < -0.4 is 0 Å². The third kappa shape index (κ3) is 5.23. The molecular formula is C42H68O5. The fourth-order valence-electron chi connectivity index (χ4n) is 14.0. The van der Waals surface area contributed by atoms with Gasteiger partial charge in [-0.25, -0.2) is 9.78 Å². The van der Waals surface area contributed by atoms with E-state index in [1.54, 1.807) is 5.57 Å². The van der Waals surface area contributed by atoms with Crippen molar-refractivity contribution >= 4 is 0 Å². The fraction of sp³-hybridized carbons (Fsp3) is 0.952. The Kier molecular flexibility index (Phi) is 8.64. The summed E-state index contributed by atoms with van der Waals surface area (Å²) >= 11 is 0. The lowest BCUT2D eigenvalue weighted by atomic mass is 9.47. The van der Waals surface area contributed by atoms with Crippen LogP contribution in [-0.2, 0) is 24.0 Å². The minimum atomic E-state index is -0.736. The third-order valence-electron chi connectivity index (χ3n) is 16.7. The fourth-order valence-corrected chi connectivity index (χ4v) is 14.0. The predicted octanol–water partition coefficient (Wildman–Crippen LogP) is 10.6. The number of hydrogen-bond acceptors (Lipinski definition) is 5. The Hall–Kier alpha value is -0.460. The largest absolute Gasteiger partial charge is 0.349 e. The summed E-state index contributed by atoms with van der Waals surface area (Å²) in [5.74, 6) is 6.08. The molecule has 9 aliphatic rings. The summed E-state index contributed by atoms with van der Waals surface area (Å²) in [6, 6.07) is 0. The van der Waals surface area contributed by atoms with Crippen molar-refractivity contribution in [2.45, 2.75) is 182 Å². The molecule has 5 heteroatoms. The first-order valence-corrected chi connectivity index (χ1v) is 20.4. The number of hydrogen-bond donors (Lipinski definition) is 0. The molecule has 5 nitrogen and oxygen atoms in total. The summed E-state index contributed by atoms with van der Waals surface area (Å²) in [7, 11) is 0. The highest BCUT2D eigenvalue weighted by atomic mass is 17.3. The minimum Gasteiger partial charge on any atom is -0.349 e. The van der Waals surface area contributed by atoms with E-state index in [0.717, 1.165) is 67.6 Å². The molecule has 0 N–H and O–H groups in total. The molecule has 0 aromatic rings. The van der Waals surface area contributed by atoms with Gasteiger partial charge in [-0.05, 0) is 136 Å². The van der Waals surface area contributed by atoms with Crippen LogP contribution in [0, 0.1) is 70.0 Å². The van der Waals surface area contributed by atoms with E-state index in [-0.39, 0.29) is 18.3 Å². The zero-order valence-electron chi connectivity index (χ0n) is 31.2. The van der Waals surface area contributed by atoms with Crippen LogP contribution in [0.4, 0.5) is 0 Å². The van der Waals surface area contributed by atoms with E-state index in [1.165, 1.54) is 64.2 Å². The lowest BCUT2D eigenvalue weighted by Crippen LogP contribution is -2.70. The lowest BCUT2D eigenvalue weighted by Gasteiger charge is -2.61. The van der Waals surface area contributed by atoms with Crippen LogP contribution in [0.2, 0.25) is 0 Å². The summed E-state index contributed by atoms with van der Waals surface area (Å²) in [5, 5.41) is 0. The molecule has 47 heavy (non-hydrogen) atoms. The zero-order valence-corrected chi connectivity index (χ0v) is 31.2. The van der Waals surface area contributed by atoms with Gasteiger partial charge < -0.3 is 14.2 Å². The second kappa shape index (κ2) is 12.1. The van der Waals surface area contributed by atoms with E-state index in [9.17, 15) is 0 Å². The minimum absolute atomic E-state index is 0.220. The molecule has 16 atom stereocenters. The van der Waals surface area contributed by atoms with Crippen LogP contribution in [0.25, 0.3) is 0 Å². The van der Waals surface area contributed by atoms with Gasteiger partial charge in [0.1, 0.15) is 0 Å². The van der Waals surface area contributed by atoms with Crippen molar-refractivity contribution in [3.8, 4) is 0 Å². The maximum Gasteiger partial charge on any atom is 0.201 e. The summed E-state index contributed by atoms with van der Waals surface area (Å²) in [6.07, 6.45) is 21.4. The molecule has 9 rings (SSSR count). The second-order valence-corrected chi connectivity index (χ2v) is 19.6. The molecule has 2 bridgehead atoms. The van der Waals surface area contributed by atoms with Crippen molar-refractivity contribution < 1.29 is 24.0 Å². The van der Waals surface area contributed by atoms with Gasteiger partial charge in [0, 0.05) is 18.3 Å². The molecule has 4 aliphatic heterocycles. The van der Waals surface area contributed by atoms with E-state index in [0.29, 0.717) is 28.6 Å². The molecule has 4 heterocycles. The smallest absolute Gasteiger partial charge is 0.201 e. The Balaban J connectivity index is 0.950. The van der Waals surface area contributed by atoms with Gasteiger partial charge in [0.15, 0.2) is 18.2 Å². The zero-order chi connectivity index (χ0) is 32.9. The average Bonchev–Trinajstić information content (AvgIpc) is 3.23. The van der Waals surface area contributed by atoms with Gasteiger partial charge in [-0.1, -0.05) is 79.4 Å². The average molecular weight is 653 g/mol. The van der Waals surface area contributed by atoms with Crippen molar-refractivity contribution in [2.75, 3.05) is 0 Å². The first kappa shape index (κ1) is 33.7. The molecule has 8 fully saturated rings. The number of fused-ring (bicyclic) bond motifs is 7. The third-order valence-corrected chi connectivity index (χ3v) is 16.7. The number of allylic oxidation sites excluding steroid dienone is 1. The van der Waals surface area contributed by atoms with Gasteiger partial charge in [-0.2, -0.15) is 0 Å². The molecule has 0 amide bonds. The molecule has 0 aromatic carbocycles. The van der Waals surface area contributed by atoms with E-state index < -0.39 is 17.7 Å². The Morgan fingerprint density at radius 3 is 2.43 bits per heavy atom. The van der Waals surface area contributed by atoms with Gasteiger partial charge in [0.2, 0.25) is 5.79 Å². The Labute approximate surface area is 286 Å². The van der Waals surface area contributed by atoms with E-state index in [4.69, 9.17) is 24.0 Å². The predicted molar refractivity (Wildman–Crippen MR) is 185 cm³/mol. The van der Waals surface area contributed by atoms with Crippen LogP contribution in [0.15, 0.2) is 11.6 Å². The molecule has 5 aliphatic carbocycles. The summed E-state index contributed by atoms with van der Waals surface area (Å²) in [5.41, 5.74) is 2.08. The van der Waals surface area contributed by atoms with E-state index in [2.05, 4.69) is 54.5 Å². The highest BCUT2D eigenvalue weighted by Crippen LogP contribution is 2.68. The van der Waals surface area contributed by atoms with Crippen LogP contribution in [0.3, 0.4) is 0 Å². The standard InChI is InChI=1S/C42H68O5/c1-25(2)10-9-11-26(3)32-16-17-35-31-14-13-29-24-30(18-21-39(29,6)36(31)19-22-40(32,35)7)43-37-28(5)34-15-12-27(4)33-20-23-41(8)45-38(44-37)42(33,34)47-46-41/h13,25-28,30-38H,9-12,14-24H2,1-8H3/t26-,27-,28-,30+,31+,32-,33+,34+,35+,36+,37+,38-,39+,40-,41+,42-/m1/s1. The van der Waals surface area contributed by atoms with Crippen molar-refractivity contribution in [3.63, 3.8) is 0 Å². The van der Waals surface area contributed by atoms with Gasteiger partial charge in [0.25, 0.3) is 0 Å². The summed E-state index contributed by atoms with van der Waals surface area (Å²) in [4.78, 5) is 12.4. The molecular weight excluding hydrogens is 584 g/mol. The van der Waals surface area contributed by atoms with Gasteiger partial charge >= 0.3 is 0 Å². The molecule has 4 saturated heterocycles. The quantitative estimate of drug-likeness (QED) is 0.202. The van der Waals surface area contributed by atoms with Gasteiger partial charge in [0.05, 0.1) is 6.10 Å². The number of ether oxygens (including phenoxy) is 3. The van der Waals surface area contributed by atoms with Crippen molar-refractivity contribution in [1.82, 2.24) is 0 Å². The maximum absolute atomic E-state index is 7.05. The van der Waals surface area contributed by atoms with Crippen LogP contribution in [0.5, 0.6) is 0 Å². The number of rotatable bonds is 7. The Morgan fingerprint density at radius 2 is 1.62 bits per heavy atom. The SMILES string of the molecule is CC(C)CCC[C@@H](C)[C@H]1CC[C@H]2[C@@H]3CC=C4C[C@@H](O[C@H]5O[C@@H]6O[C@]7(C)CC[C@H]8[C@H](C)CC[C@@H]([C@H]5C)[C@@]68OO7)CC[C@]4(C)[C@H]3CC[C@]12C. The monoisotopic (exact) mass is 653 g/mol. The van der Waals surface area contributed by atoms with Crippen LogP contribution in [0.1, 0.15) is 152 Å². The summed E-state index contributed by atoms with van der Waals surface area (Å²) < 4.78 is 20.6. The van der Waals surface area contributed by atoms with Gasteiger partial charge in [-0.15, -0.1) is 0 Å². The summed E-state index contributed by atoms with van der Waals surface area (Å²) in [6.45, 7) is 19.5. The highest BCUT2D eigenvalue weighted by Gasteiger charge is 2.70.